The van der Waals surface area contributed by atoms with Gasteiger partial charge >= 0.3 is 0 Å². The lowest BCUT2D eigenvalue weighted by atomic mass is 10.1. The molecule has 0 amide bonds. The highest BCUT2D eigenvalue weighted by atomic mass is 15.2. The molecule has 0 bridgehead atoms. The van der Waals surface area contributed by atoms with Gasteiger partial charge in [0.15, 0.2) is 0 Å². The molecule has 2 N–H and O–H groups in total. The maximum atomic E-state index is 4.33. The van der Waals surface area contributed by atoms with E-state index in [9.17, 15) is 0 Å². The van der Waals surface area contributed by atoms with Crippen molar-refractivity contribution >= 4 is 11.5 Å². The van der Waals surface area contributed by atoms with E-state index in [4.69, 9.17) is 0 Å². The van der Waals surface area contributed by atoms with Crippen molar-refractivity contribution in [3.05, 3.63) is 78.4 Å². The number of hydrogen-bond acceptors (Lipinski definition) is 2. The zero-order valence-corrected chi connectivity index (χ0v) is 18.2. The molecule has 0 radical (unpaired) electrons. The third kappa shape index (κ3) is 7.99. The summed E-state index contributed by atoms with van der Waals surface area (Å²) in [6.45, 7) is 12.2. The number of benzene rings is 2. The molecular weight excluding hydrogens is 342 g/mol. The minimum atomic E-state index is 0.0693. The second-order valence-electron chi connectivity index (χ2n) is 7.08. The Labute approximate surface area is 172 Å². The van der Waals surface area contributed by atoms with Gasteiger partial charge in [-0.15, -0.1) is 6.58 Å². The molecule has 0 saturated heterocycles. The number of unbranched alkanes of at least 4 members (excludes halogenated alkanes) is 2. The van der Waals surface area contributed by atoms with Crippen molar-refractivity contribution in [2.24, 2.45) is 10.9 Å². The molecular formula is C25H37N3. The molecule has 0 fully saturated rings. The smallest absolute Gasteiger partial charge is 0.131 e. The van der Waals surface area contributed by atoms with Crippen LogP contribution in [0, 0.1) is 5.92 Å². The average Bonchev–Trinajstić information content (AvgIpc) is 2.75. The first-order valence-corrected chi connectivity index (χ1v) is 10.3. The Morgan fingerprint density at radius 3 is 2.04 bits per heavy atom. The van der Waals surface area contributed by atoms with Gasteiger partial charge in [0.1, 0.15) is 12.0 Å². The standard InChI is InChI=1S/C15H15N3.C5H10.C5H12/c1-16-15-12-9-5-6-10-13(12)17-14(18-15)11-7-3-2-4-8-11;1-4-5(2)3;1-3-5-4-2/h2-10,14,17H,1H3,(H,16,18);4-5H,1H2,2-3H3;3-5H2,1-2H3. The quantitative estimate of drug-likeness (QED) is 0.573. The van der Waals surface area contributed by atoms with Crippen LogP contribution in [0.4, 0.5) is 5.69 Å². The largest absolute Gasteiger partial charge is 0.361 e. The van der Waals surface area contributed by atoms with Crippen molar-refractivity contribution in [3.8, 4) is 0 Å². The number of allylic oxidation sites excluding steroid dienone is 1. The molecule has 1 aliphatic heterocycles. The Hall–Kier alpha value is -2.55. The molecule has 0 spiro atoms. The van der Waals surface area contributed by atoms with Crippen molar-refractivity contribution in [1.82, 2.24) is 5.32 Å². The van der Waals surface area contributed by atoms with Crippen molar-refractivity contribution in [3.63, 3.8) is 0 Å². The summed E-state index contributed by atoms with van der Waals surface area (Å²) >= 11 is 0. The van der Waals surface area contributed by atoms with Gasteiger partial charge in [-0.2, -0.15) is 0 Å². The number of rotatable bonds is 4. The zero-order chi connectivity index (χ0) is 20.8. The SMILES string of the molecule is C=CC(C)C.CCCCC.CN=C1NC(c2ccccc2)Nc2ccccc21. The van der Waals surface area contributed by atoms with Gasteiger partial charge in [0.2, 0.25) is 0 Å². The topological polar surface area (TPSA) is 36.4 Å². The van der Waals surface area contributed by atoms with Gasteiger partial charge in [-0.3, -0.25) is 4.99 Å². The van der Waals surface area contributed by atoms with Crippen LogP contribution in [0.5, 0.6) is 0 Å². The van der Waals surface area contributed by atoms with Crippen LogP contribution in [-0.2, 0) is 0 Å². The van der Waals surface area contributed by atoms with E-state index in [1.807, 2.05) is 43.5 Å². The maximum absolute atomic E-state index is 4.33. The fourth-order valence-corrected chi connectivity index (χ4v) is 2.57. The Bertz CT molecular complexity index is 703. The molecule has 1 aliphatic rings. The number of nitrogens with zero attached hydrogens (tertiary/aromatic N) is 1. The minimum Gasteiger partial charge on any atom is -0.361 e. The molecule has 1 unspecified atom stereocenters. The summed E-state index contributed by atoms with van der Waals surface area (Å²) in [5, 5.41) is 6.90. The zero-order valence-electron chi connectivity index (χ0n) is 18.2. The Kier molecular flexibility index (Phi) is 11.4. The predicted octanol–water partition coefficient (Wildman–Crippen LogP) is 6.80. The molecule has 3 heteroatoms. The van der Waals surface area contributed by atoms with E-state index in [0.717, 1.165) is 17.1 Å². The molecule has 3 rings (SSSR count). The maximum Gasteiger partial charge on any atom is 0.131 e. The molecule has 152 valence electrons. The molecule has 28 heavy (non-hydrogen) atoms. The molecule has 1 atom stereocenters. The van der Waals surface area contributed by atoms with Crippen molar-refractivity contribution in [1.29, 1.82) is 0 Å². The summed E-state index contributed by atoms with van der Waals surface area (Å²) in [7, 11) is 1.81. The van der Waals surface area contributed by atoms with E-state index in [-0.39, 0.29) is 6.17 Å². The van der Waals surface area contributed by atoms with Gasteiger partial charge < -0.3 is 10.6 Å². The summed E-state index contributed by atoms with van der Waals surface area (Å²) in [4.78, 5) is 4.33. The first kappa shape index (κ1) is 23.5. The average molecular weight is 380 g/mol. The second-order valence-corrected chi connectivity index (χ2v) is 7.08. The van der Waals surface area contributed by atoms with Gasteiger partial charge in [-0.1, -0.05) is 95.5 Å². The van der Waals surface area contributed by atoms with Crippen LogP contribution < -0.4 is 10.6 Å². The van der Waals surface area contributed by atoms with Gasteiger partial charge in [-0.25, -0.2) is 0 Å². The molecule has 0 aliphatic carbocycles. The van der Waals surface area contributed by atoms with Crippen LogP contribution in [0.1, 0.15) is 64.3 Å². The third-order valence-electron chi connectivity index (χ3n) is 4.30. The number of fused-ring (bicyclic) bond motifs is 1. The Morgan fingerprint density at radius 1 is 0.964 bits per heavy atom. The second kappa shape index (κ2) is 13.6. The van der Waals surface area contributed by atoms with E-state index in [1.165, 1.54) is 24.8 Å². The Morgan fingerprint density at radius 2 is 1.54 bits per heavy atom. The molecule has 2 aromatic rings. The van der Waals surface area contributed by atoms with Gasteiger partial charge in [0.25, 0.3) is 0 Å². The highest BCUT2D eigenvalue weighted by molar-refractivity contribution is 6.05. The minimum absolute atomic E-state index is 0.0693. The fourth-order valence-electron chi connectivity index (χ4n) is 2.57. The number of nitrogens with one attached hydrogen (secondary N) is 2. The summed E-state index contributed by atoms with van der Waals surface area (Å²) in [6, 6.07) is 18.5. The third-order valence-corrected chi connectivity index (χ3v) is 4.30. The van der Waals surface area contributed by atoms with Crippen LogP contribution in [0.3, 0.4) is 0 Å². The van der Waals surface area contributed by atoms with Crippen LogP contribution >= 0.6 is 0 Å². The monoisotopic (exact) mass is 379 g/mol. The highest BCUT2D eigenvalue weighted by Gasteiger charge is 2.21. The van der Waals surface area contributed by atoms with Crippen molar-refractivity contribution < 1.29 is 0 Å². The highest BCUT2D eigenvalue weighted by Crippen LogP contribution is 2.26. The van der Waals surface area contributed by atoms with Crippen LogP contribution in [0.25, 0.3) is 0 Å². The van der Waals surface area contributed by atoms with Crippen molar-refractivity contribution in [2.75, 3.05) is 12.4 Å². The van der Waals surface area contributed by atoms with Gasteiger partial charge in [0, 0.05) is 18.3 Å². The van der Waals surface area contributed by atoms with Gasteiger partial charge in [0.05, 0.1) is 0 Å². The number of para-hydroxylation sites is 1. The van der Waals surface area contributed by atoms with Crippen LogP contribution in [0.15, 0.2) is 72.2 Å². The van der Waals surface area contributed by atoms with Crippen molar-refractivity contribution in [2.45, 2.75) is 53.1 Å². The first-order chi connectivity index (χ1) is 13.6. The summed E-state index contributed by atoms with van der Waals surface area (Å²) in [5.41, 5.74) is 3.44. The molecule has 3 nitrogen and oxygen atoms in total. The van der Waals surface area contributed by atoms with E-state index in [2.05, 4.69) is 74.2 Å². The molecule has 2 aromatic carbocycles. The van der Waals surface area contributed by atoms with E-state index < -0.39 is 0 Å². The lowest BCUT2D eigenvalue weighted by Gasteiger charge is -2.30. The summed E-state index contributed by atoms with van der Waals surface area (Å²) < 4.78 is 0. The molecule has 0 saturated carbocycles. The van der Waals surface area contributed by atoms with Crippen LogP contribution in [0.2, 0.25) is 0 Å². The summed E-state index contributed by atoms with van der Waals surface area (Å²) in [6.07, 6.45) is 6.06. The number of aliphatic imine (C=N–C) groups is 1. The number of hydrogen-bond donors (Lipinski definition) is 2. The first-order valence-electron chi connectivity index (χ1n) is 10.3. The predicted molar refractivity (Wildman–Crippen MR) is 125 cm³/mol. The normalized spacial score (nSPS) is 15.8. The number of anilines is 1. The van der Waals surface area contributed by atoms with Crippen LogP contribution in [-0.4, -0.2) is 12.9 Å². The van der Waals surface area contributed by atoms with E-state index >= 15 is 0 Å². The van der Waals surface area contributed by atoms with Gasteiger partial charge in [-0.05, 0) is 23.6 Å². The summed E-state index contributed by atoms with van der Waals surface area (Å²) in [5.74, 6) is 1.58. The number of amidine groups is 1. The molecule has 0 aromatic heterocycles. The fraction of sp³-hybridized carbons (Fsp3) is 0.400. The van der Waals surface area contributed by atoms with E-state index in [0.29, 0.717) is 5.92 Å². The van der Waals surface area contributed by atoms with E-state index in [1.54, 1.807) is 0 Å². The lowest BCUT2D eigenvalue weighted by molar-refractivity contribution is 0.720. The lowest BCUT2D eigenvalue weighted by Crippen LogP contribution is -2.38. The molecule has 1 heterocycles. The Balaban J connectivity index is 0.000000329.